The highest BCUT2D eigenvalue weighted by molar-refractivity contribution is 5.38. The van der Waals surface area contributed by atoms with Crippen LogP contribution in [0.5, 0.6) is 0 Å². The summed E-state index contributed by atoms with van der Waals surface area (Å²) in [5, 5.41) is 7.70. The molecule has 0 spiro atoms. The SMILES string of the molecule is c1ccc2c(c1)CCC2c1noc(CC2CCCN2)n1. The first kappa shape index (κ1) is 12.1. The van der Waals surface area contributed by atoms with Crippen LogP contribution in [0.1, 0.15) is 48.0 Å². The molecule has 0 saturated carbocycles. The molecule has 0 bridgehead atoms. The van der Waals surface area contributed by atoms with Crippen molar-refractivity contribution in [1.82, 2.24) is 15.5 Å². The highest BCUT2D eigenvalue weighted by Crippen LogP contribution is 2.36. The summed E-state index contributed by atoms with van der Waals surface area (Å²) in [4.78, 5) is 4.64. The molecular formula is C16H19N3O. The Labute approximate surface area is 118 Å². The fourth-order valence-corrected chi connectivity index (χ4v) is 3.46. The molecule has 0 radical (unpaired) electrons. The van der Waals surface area contributed by atoms with Gasteiger partial charge in [-0.1, -0.05) is 29.4 Å². The van der Waals surface area contributed by atoms with Crippen LogP contribution in [0.3, 0.4) is 0 Å². The van der Waals surface area contributed by atoms with Crippen LogP contribution in [-0.2, 0) is 12.8 Å². The van der Waals surface area contributed by atoms with E-state index in [4.69, 9.17) is 4.52 Å². The molecule has 4 rings (SSSR count). The van der Waals surface area contributed by atoms with Gasteiger partial charge in [-0.3, -0.25) is 0 Å². The van der Waals surface area contributed by atoms with Gasteiger partial charge in [-0.2, -0.15) is 4.98 Å². The largest absolute Gasteiger partial charge is 0.339 e. The Morgan fingerprint density at radius 1 is 1.25 bits per heavy atom. The Bertz CT molecular complexity index is 601. The van der Waals surface area contributed by atoms with E-state index in [2.05, 4.69) is 39.7 Å². The number of hydrogen-bond donors (Lipinski definition) is 1. The quantitative estimate of drug-likeness (QED) is 0.930. The molecule has 2 heterocycles. The maximum Gasteiger partial charge on any atom is 0.228 e. The van der Waals surface area contributed by atoms with E-state index >= 15 is 0 Å². The van der Waals surface area contributed by atoms with Crippen molar-refractivity contribution in [2.24, 2.45) is 0 Å². The summed E-state index contributed by atoms with van der Waals surface area (Å²) in [7, 11) is 0. The number of fused-ring (bicyclic) bond motifs is 1. The summed E-state index contributed by atoms with van der Waals surface area (Å²) in [5.41, 5.74) is 2.81. The standard InChI is InChI=1S/C16H19N3O/c1-2-6-13-11(4-1)7-8-14(13)16-18-15(20-19-16)10-12-5-3-9-17-12/h1-2,4,6,12,14,17H,3,5,7-10H2. The summed E-state index contributed by atoms with van der Waals surface area (Å²) < 4.78 is 5.45. The van der Waals surface area contributed by atoms with Crippen molar-refractivity contribution >= 4 is 0 Å². The van der Waals surface area contributed by atoms with E-state index in [1.54, 1.807) is 0 Å². The Hall–Kier alpha value is -1.68. The van der Waals surface area contributed by atoms with Gasteiger partial charge in [0.1, 0.15) is 0 Å². The average Bonchev–Trinajstić information content (AvgIpc) is 3.18. The molecule has 4 heteroatoms. The first-order chi connectivity index (χ1) is 9.90. The van der Waals surface area contributed by atoms with Crippen molar-refractivity contribution < 1.29 is 4.52 Å². The van der Waals surface area contributed by atoms with Crippen molar-refractivity contribution in [2.75, 3.05) is 6.54 Å². The Kier molecular flexibility index (Phi) is 3.03. The van der Waals surface area contributed by atoms with Crippen molar-refractivity contribution in [3.63, 3.8) is 0 Å². The summed E-state index contributed by atoms with van der Waals surface area (Å²) in [6, 6.07) is 9.12. The minimum Gasteiger partial charge on any atom is -0.339 e. The minimum absolute atomic E-state index is 0.320. The van der Waals surface area contributed by atoms with Crippen molar-refractivity contribution in [1.29, 1.82) is 0 Å². The highest BCUT2D eigenvalue weighted by atomic mass is 16.5. The molecule has 1 aliphatic heterocycles. The maximum absolute atomic E-state index is 5.45. The van der Waals surface area contributed by atoms with Gasteiger partial charge in [-0.25, -0.2) is 0 Å². The van der Waals surface area contributed by atoms with Gasteiger partial charge >= 0.3 is 0 Å². The molecule has 2 aliphatic rings. The van der Waals surface area contributed by atoms with Gasteiger partial charge in [0.2, 0.25) is 5.89 Å². The van der Waals surface area contributed by atoms with Crippen LogP contribution in [0.2, 0.25) is 0 Å². The van der Waals surface area contributed by atoms with Crippen LogP contribution >= 0.6 is 0 Å². The fraction of sp³-hybridized carbons (Fsp3) is 0.500. The number of rotatable bonds is 3. The van der Waals surface area contributed by atoms with Crippen LogP contribution in [0, 0.1) is 0 Å². The molecular weight excluding hydrogens is 250 g/mol. The molecule has 20 heavy (non-hydrogen) atoms. The van der Waals surface area contributed by atoms with Crippen LogP contribution in [0.4, 0.5) is 0 Å². The second-order valence-corrected chi connectivity index (χ2v) is 5.83. The number of aryl methyl sites for hydroxylation is 1. The zero-order valence-corrected chi connectivity index (χ0v) is 11.5. The lowest BCUT2D eigenvalue weighted by Gasteiger charge is -2.06. The molecule has 2 aromatic rings. The second kappa shape index (κ2) is 5.02. The number of aromatic nitrogens is 2. The van der Waals surface area contributed by atoms with Gasteiger partial charge in [0.15, 0.2) is 5.82 Å². The van der Waals surface area contributed by atoms with Crippen molar-refractivity contribution in [3.8, 4) is 0 Å². The molecule has 0 amide bonds. The van der Waals surface area contributed by atoms with Crippen LogP contribution in [0.15, 0.2) is 28.8 Å². The van der Waals surface area contributed by atoms with Gasteiger partial charge < -0.3 is 9.84 Å². The van der Waals surface area contributed by atoms with E-state index in [0.717, 1.165) is 37.5 Å². The van der Waals surface area contributed by atoms with Gasteiger partial charge in [0.25, 0.3) is 0 Å². The van der Waals surface area contributed by atoms with Crippen LogP contribution in [-0.4, -0.2) is 22.7 Å². The molecule has 1 fully saturated rings. The van der Waals surface area contributed by atoms with E-state index in [1.165, 1.54) is 24.0 Å². The summed E-state index contributed by atoms with van der Waals surface area (Å²) >= 11 is 0. The summed E-state index contributed by atoms with van der Waals surface area (Å²) in [6.07, 6.45) is 5.54. The number of hydrogen-bond acceptors (Lipinski definition) is 4. The third-order valence-corrected chi connectivity index (χ3v) is 4.51. The Morgan fingerprint density at radius 2 is 2.20 bits per heavy atom. The lowest BCUT2D eigenvalue weighted by Crippen LogP contribution is -2.23. The number of nitrogens with zero attached hydrogens (tertiary/aromatic N) is 2. The van der Waals surface area contributed by atoms with Gasteiger partial charge in [-0.05, 0) is 43.4 Å². The first-order valence-electron chi connectivity index (χ1n) is 7.54. The summed E-state index contributed by atoms with van der Waals surface area (Å²) in [6.45, 7) is 1.11. The average molecular weight is 269 g/mol. The molecule has 104 valence electrons. The molecule has 1 aromatic carbocycles. The van der Waals surface area contributed by atoms with E-state index in [-0.39, 0.29) is 0 Å². The highest BCUT2D eigenvalue weighted by Gasteiger charge is 2.28. The lowest BCUT2D eigenvalue weighted by atomic mass is 10.0. The maximum atomic E-state index is 5.45. The fourth-order valence-electron chi connectivity index (χ4n) is 3.46. The zero-order chi connectivity index (χ0) is 13.4. The van der Waals surface area contributed by atoms with Crippen molar-refractivity contribution in [3.05, 3.63) is 47.1 Å². The normalized spacial score (nSPS) is 25.0. The minimum atomic E-state index is 0.320. The van der Waals surface area contributed by atoms with Gasteiger partial charge in [0, 0.05) is 18.4 Å². The smallest absolute Gasteiger partial charge is 0.228 e. The molecule has 4 nitrogen and oxygen atoms in total. The molecule has 2 unspecified atom stereocenters. The van der Waals surface area contributed by atoms with E-state index in [9.17, 15) is 0 Å². The predicted molar refractivity (Wildman–Crippen MR) is 75.6 cm³/mol. The molecule has 1 aliphatic carbocycles. The Morgan fingerprint density at radius 3 is 3.10 bits per heavy atom. The van der Waals surface area contributed by atoms with Crippen molar-refractivity contribution in [2.45, 2.75) is 44.1 Å². The first-order valence-corrected chi connectivity index (χ1v) is 7.54. The van der Waals surface area contributed by atoms with Gasteiger partial charge in [0.05, 0.1) is 0 Å². The summed E-state index contributed by atoms with van der Waals surface area (Å²) in [5.74, 6) is 1.96. The topological polar surface area (TPSA) is 51.0 Å². The number of benzene rings is 1. The monoisotopic (exact) mass is 269 g/mol. The van der Waals surface area contributed by atoms with E-state index < -0.39 is 0 Å². The van der Waals surface area contributed by atoms with Crippen LogP contribution < -0.4 is 5.32 Å². The molecule has 1 aromatic heterocycles. The molecule has 1 saturated heterocycles. The molecule has 2 atom stereocenters. The number of nitrogens with one attached hydrogen (secondary N) is 1. The lowest BCUT2D eigenvalue weighted by molar-refractivity contribution is 0.358. The Balaban J connectivity index is 1.54. The molecule has 1 N–H and O–H groups in total. The van der Waals surface area contributed by atoms with E-state index in [1.807, 2.05) is 0 Å². The zero-order valence-electron chi connectivity index (χ0n) is 11.5. The van der Waals surface area contributed by atoms with E-state index in [0.29, 0.717) is 12.0 Å². The van der Waals surface area contributed by atoms with Gasteiger partial charge in [-0.15, -0.1) is 0 Å². The third-order valence-electron chi connectivity index (χ3n) is 4.51. The third kappa shape index (κ3) is 2.14. The van der Waals surface area contributed by atoms with Crippen LogP contribution in [0.25, 0.3) is 0 Å². The second-order valence-electron chi connectivity index (χ2n) is 5.83. The predicted octanol–water partition coefficient (Wildman–Crippen LogP) is 2.44.